The molecule has 4 N–H and O–H groups in total. The number of Topliss-reactive ketones (excluding diaryl/α,β-unsaturated/α-hetero) is 1. The SMILES string of the molecule is CC(=O)C12CCC(CNC(=O)c3cc(C(=O)NCc4ccc5c(c4)CN(c4c(N)c(=O)c4=O)CC5)nc4ccnn34)(CC1)CC2. The average molecular weight is 610 g/mol. The number of carbonyl (C=O) groups excluding carboxylic acids is 3. The number of ketones is 1. The fraction of sp³-hybridized carbons (Fsp3) is 0.424. The van der Waals surface area contributed by atoms with Crippen LogP contribution in [-0.2, 0) is 24.3 Å². The van der Waals surface area contributed by atoms with Crippen molar-refractivity contribution in [1.82, 2.24) is 25.2 Å². The second-order valence-electron chi connectivity index (χ2n) is 13.0. The quantitative estimate of drug-likeness (QED) is 0.253. The first kappa shape index (κ1) is 28.9. The number of nitrogen functional groups attached to an aromatic ring is 1. The van der Waals surface area contributed by atoms with Crippen LogP contribution in [0.2, 0.25) is 0 Å². The highest BCUT2D eigenvalue weighted by atomic mass is 16.2. The first-order chi connectivity index (χ1) is 21.6. The van der Waals surface area contributed by atoms with Gasteiger partial charge in [-0.05, 0) is 74.0 Å². The van der Waals surface area contributed by atoms with E-state index in [9.17, 15) is 24.0 Å². The zero-order valence-corrected chi connectivity index (χ0v) is 25.1. The number of rotatable bonds is 8. The molecule has 0 spiro atoms. The monoisotopic (exact) mass is 609 g/mol. The highest BCUT2D eigenvalue weighted by Crippen LogP contribution is 2.56. The van der Waals surface area contributed by atoms with Crippen LogP contribution in [0, 0.1) is 10.8 Å². The lowest BCUT2D eigenvalue weighted by Crippen LogP contribution is -2.49. The molecule has 8 rings (SSSR count). The van der Waals surface area contributed by atoms with E-state index in [2.05, 4.69) is 20.7 Å². The summed E-state index contributed by atoms with van der Waals surface area (Å²) in [6.45, 7) is 3.48. The van der Waals surface area contributed by atoms with E-state index in [0.29, 0.717) is 31.7 Å². The maximum absolute atomic E-state index is 13.5. The molecular formula is C33H35N7O5. The number of fused-ring (bicyclic) bond motifs is 5. The molecule has 3 aliphatic carbocycles. The molecule has 4 aromatic rings. The van der Waals surface area contributed by atoms with E-state index in [1.165, 1.54) is 16.8 Å². The second kappa shape index (κ2) is 10.6. The number of carbonyl (C=O) groups is 3. The number of aromatic nitrogens is 3. The van der Waals surface area contributed by atoms with E-state index in [1.54, 1.807) is 13.0 Å². The van der Waals surface area contributed by atoms with Crippen LogP contribution < -0.4 is 32.1 Å². The van der Waals surface area contributed by atoms with Crippen molar-refractivity contribution >= 4 is 34.6 Å². The van der Waals surface area contributed by atoms with Gasteiger partial charge in [-0.1, -0.05) is 18.2 Å². The summed E-state index contributed by atoms with van der Waals surface area (Å²) in [6.07, 6.45) is 7.61. The number of nitrogens with zero attached hydrogens (tertiary/aromatic N) is 4. The van der Waals surface area contributed by atoms with Crippen molar-refractivity contribution in [2.45, 2.75) is 65.0 Å². The third-order valence-corrected chi connectivity index (χ3v) is 10.6. The molecule has 3 fully saturated rings. The Bertz CT molecular complexity index is 1930. The Hall–Kier alpha value is -4.87. The Labute approximate surface area is 258 Å². The summed E-state index contributed by atoms with van der Waals surface area (Å²) in [4.78, 5) is 68.9. The highest BCUT2D eigenvalue weighted by Gasteiger charge is 2.50. The van der Waals surface area contributed by atoms with Gasteiger partial charge >= 0.3 is 0 Å². The highest BCUT2D eigenvalue weighted by molar-refractivity contribution is 5.98. The first-order valence-electron chi connectivity index (χ1n) is 15.4. The molecule has 1 aliphatic heterocycles. The summed E-state index contributed by atoms with van der Waals surface area (Å²) in [5.41, 5.74) is 8.45. The van der Waals surface area contributed by atoms with Gasteiger partial charge in [-0.15, -0.1) is 0 Å². The summed E-state index contributed by atoms with van der Waals surface area (Å²) < 4.78 is 1.43. The van der Waals surface area contributed by atoms with E-state index in [-0.39, 0.29) is 51.8 Å². The summed E-state index contributed by atoms with van der Waals surface area (Å²) in [7, 11) is 0. The lowest BCUT2D eigenvalue weighted by atomic mass is 9.52. The average Bonchev–Trinajstić information content (AvgIpc) is 3.55. The van der Waals surface area contributed by atoms with Gasteiger partial charge in [0.05, 0.1) is 6.20 Å². The number of nitrogens with one attached hydrogen (secondary N) is 2. The fourth-order valence-corrected chi connectivity index (χ4v) is 7.50. The number of hydrogen-bond donors (Lipinski definition) is 3. The van der Waals surface area contributed by atoms with Gasteiger partial charge in [-0.25, -0.2) is 9.50 Å². The van der Waals surface area contributed by atoms with Crippen molar-refractivity contribution in [3.8, 4) is 0 Å². The lowest BCUT2D eigenvalue weighted by Gasteiger charge is -2.52. The summed E-state index contributed by atoms with van der Waals surface area (Å²) >= 11 is 0. The zero-order valence-electron chi connectivity index (χ0n) is 25.1. The van der Waals surface area contributed by atoms with Gasteiger partial charge < -0.3 is 21.3 Å². The fourth-order valence-electron chi connectivity index (χ4n) is 7.50. The molecule has 0 saturated heterocycles. The molecule has 0 atom stereocenters. The molecule has 0 unspecified atom stereocenters. The van der Waals surface area contributed by atoms with Crippen molar-refractivity contribution in [2.75, 3.05) is 23.7 Å². The van der Waals surface area contributed by atoms with Gasteiger partial charge in [0.15, 0.2) is 5.65 Å². The van der Waals surface area contributed by atoms with E-state index in [4.69, 9.17) is 5.73 Å². The number of anilines is 2. The van der Waals surface area contributed by atoms with Gasteiger partial charge in [-0.2, -0.15) is 5.10 Å². The van der Waals surface area contributed by atoms with Crippen LogP contribution in [0.1, 0.15) is 83.1 Å². The predicted molar refractivity (Wildman–Crippen MR) is 167 cm³/mol. The number of amides is 2. The maximum atomic E-state index is 13.5. The van der Waals surface area contributed by atoms with Crippen LogP contribution in [0.3, 0.4) is 0 Å². The third-order valence-electron chi connectivity index (χ3n) is 10.6. The standard InChI is InChI=1S/C33H35N7O5/c1-19(41)33-9-6-32(7-10-33,8-11-33)18-36-31(45)24-15-23(38-25-4-12-37-40(24)25)30(44)35-16-20-2-3-21-5-13-39(17-22(21)14-20)27-26(34)28(42)29(27)43/h2-4,12,14-15H,5-11,13,16-18,34H2,1H3,(H,35,44)(H,36,45). The predicted octanol–water partition coefficient (Wildman–Crippen LogP) is 2.06. The van der Waals surface area contributed by atoms with Crippen molar-refractivity contribution in [3.63, 3.8) is 0 Å². The van der Waals surface area contributed by atoms with E-state index < -0.39 is 16.8 Å². The van der Waals surface area contributed by atoms with Crippen LogP contribution in [-0.4, -0.2) is 45.3 Å². The minimum Gasteiger partial charge on any atom is -0.394 e. The van der Waals surface area contributed by atoms with Crippen molar-refractivity contribution in [1.29, 1.82) is 0 Å². The number of hydrogen-bond acceptors (Lipinski definition) is 9. The molecule has 2 amide bonds. The minimum absolute atomic E-state index is 0.0103. The Morgan fingerprint density at radius 1 is 0.933 bits per heavy atom. The van der Waals surface area contributed by atoms with Gasteiger partial charge in [-0.3, -0.25) is 24.0 Å². The number of benzene rings is 1. The molecular weight excluding hydrogens is 574 g/mol. The molecule has 12 nitrogen and oxygen atoms in total. The maximum Gasteiger partial charge on any atom is 0.270 e. The van der Waals surface area contributed by atoms with E-state index in [0.717, 1.165) is 55.2 Å². The van der Waals surface area contributed by atoms with Crippen LogP contribution in [0.25, 0.3) is 5.65 Å². The summed E-state index contributed by atoms with van der Waals surface area (Å²) in [6, 6.07) is 9.05. The Morgan fingerprint density at radius 2 is 1.69 bits per heavy atom. The molecule has 3 saturated carbocycles. The Balaban J connectivity index is 1.02. The van der Waals surface area contributed by atoms with E-state index >= 15 is 0 Å². The minimum atomic E-state index is -0.630. The Kier molecular flexibility index (Phi) is 6.83. The topological polar surface area (TPSA) is 169 Å². The van der Waals surface area contributed by atoms with Gasteiger partial charge in [0.1, 0.15) is 28.5 Å². The second-order valence-corrected chi connectivity index (χ2v) is 13.0. The molecule has 4 aliphatic rings. The zero-order chi connectivity index (χ0) is 31.5. The molecule has 2 aromatic heterocycles. The van der Waals surface area contributed by atoms with Crippen molar-refractivity contribution < 1.29 is 14.4 Å². The van der Waals surface area contributed by atoms with Crippen LogP contribution >= 0.6 is 0 Å². The molecule has 45 heavy (non-hydrogen) atoms. The molecule has 2 aromatic carbocycles. The largest absolute Gasteiger partial charge is 0.394 e. The molecule has 0 radical (unpaired) electrons. The van der Waals surface area contributed by atoms with Gasteiger partial charge in [0.2, 0.25) is 0 Å². The van der Waals surface area contributed by atoms with Crippen molar-refractivity contribution in [3.05, 3.63) is 85.1 Å². The summed E-state index contributed by atoms with van der Waals surface area (Å²) in [5.74, 6) is -0.474. The van der Waals surface area contributed by atoms with E-state index in [1.807, 2.05) is 23.1 Å². The molecule has 3 heterocycles. The Morgan fingerprint density at radius 3 is 2.40 bits per heavy atom. The number of nitrogens with two attached hydrogens (primary N) is 1. The van der Waals surface area contributed by atoms with Crippen molar-refractivity contribution in [2.24, 2.45) is 10.8 Å². The summed E-state index contributed by atoms with van der Waals surface area (Å²) in [5, 5.41) is 10.3. The molecule has 12 heteroatoms. The smallest absolute Gasteiger partial charge is 0.270 e. The molecule has 232 valence electrons. The normalized spacial score (nSPS) is 22.4. The first-order valence-corrected chi connectivity index (χ1v) is 15.4. The van der Waals surface area contributed by atoms with Gasteiger partial charge in [0.25, 0.3) is 22.7 Å². The van der Waals surface area contributed by atoms with Gasteiger partial charge in [0, 0.05) is 43.7 Å². The lowest BCUT2D eigenvalue weighted by molar-refractivity contribution is -0.135. The third kappa shape index (κ3) is 4.88. The molecule has 2 bridgehead atoms. The van der Waals surface area contributed by atoms with Crippen LogP contribution in [0.15, 0.2) is 46.1 Å². The van der Waals surface area contributed by atoms with Crippen LogP contribution in [0.4, 0.5) is 11.4 Å². The van der Waals surface area contributed by atoms with Crippen LogP contribution in [0.5, 0.6) is 0 Å².